The van der Waals surface area contributed by atoms with E-state index < -0.39 is 32.0 Å². The highest BCUT2D eigenvalue weighted by Crippen LogP contribution is 2.25. The molecule has 1 aliphatic rings. The highest BCUT2D eigenvalue weighted by Gasteiger charge is 2.30. The van der Waals surface area contributed by atoms with E-state index in [9.17, 15) is 21.6 Å². The predicted octanol–water partition coefficient (Wildman–Crippen LogP) is 2.92. The molecule has 0 saturated carbocycles. The number of halogens is 1. The minimum absolute atomic E-state index is 0.152. The fourth-order valence-corrected chi connectivity index (χ4v) is 6.25. The average molecular weight is 486 g/mol. The number of benzene rings is 2. The molecule has 1 amide bonds. The third-order valence-corrected chi connectivity index (χ3v) is 8.40. The van der Waals surface area contributed by atoms with E-state index in [0.717, 1.165) is 23.4 Å². The van der Waals surface area contributed by atoms with Crippen LogP contribution in [0.2, 0.25) is 5.02 Å². The van der Waals surface area contributed by atoms with Crippen LogP contribution < -0.4 is 9.62 Å². The van der Waals surface area contributed by atoms with E-state index in [4.69, 9.17) is 11.6 Å². The Bertz CT molecular complexity index is 1140. The Kier molecular flexibility index (Phi) is 6.95. The zero-order valence-electron chi connectivity index (χ0n) is 17.2. The monoisotopic (exact) mass is 485 g/mol. The number of carbonyl (C=O) groups excluding carboxylic acids is 1. The predicted molar refractivity (Wildman–Crippen MR) is 121 cm³/mol. The van der Waals surface area contributed by atoms with E-state index in [0.29, 0.717) is 29.5 Å². The number of amides is 1. The van der Waals surface area contributed by atoms with Crippen molar-refractivity contribution < 1.29 is 21.6 Å². The van der Waals surface area contributed by atoms with Crippen molar-refractivity contribution in [2.75, 3.05) is 29.0 Å². The van der Waals surface area contributed by atoms with Crippen molar-refractivity contribution >= 4 is 48.9 Å². The lowest BCUT2D eigenvalue weighted by Crippen LogP contribution is -2.45. The van der Waals surface area contributed by atoms with Gasteiger partial charge in [-0.2, -0.15) is 4.31 Å². The van der Waals surface area contributed by atoms with E-state index in [1.807, 2.05) is 0 Å². The number of carbonyl (C=O) groups is 1. The minimum Gasteiger partial charge on any atom is -0.324 e. The summed E-state index contributed by atoms with van der Waals surface area (Å²) in [4.78, 5) is 12.9. The van der Waals surface area contributed by atoms with Crippen LogP contribution in [0.1, 0.15) is 19.8 Å². The van der Waals surface area contributed by atoms with Crippen molar-refractivity contribution in [1.29, 1.82) is 0 Å². The first-order valence-corrected chi connectivity index (χ1v) is 13.3. The molecule has 2 aromatic carbocycles. The second-order valence-electron chi connectivity index (χ2n) is 7.34. The number of rotatable bonds is 7. The Hall–Kier alpha value is -2.14. The smallest absolute Gasteiger partial charge is 0.247 e. The zero-order valence-corrected chi connectivity index (χ0v) is 19.5. The number of nitrogens with one attached hydrogen (secondary N) is 1. The summed E-state index contributed by atoms with van der Waals surface area (Å²) in [6.07, 6.45) is 2.70. The molecule has 2 aromatic rings. The molecule has 0 aromatic heterocycles. The molecular weight excluding hydrogens is 462 g/mol. The lowest BCUT2D eigenvalue weighted by atomic mass is 10.2. The van der Waals surface area contributed by atoms with Crippen LogP contribution in [0.3, 0.4) is 0 Å². The van der Waals surface area contributed by atoms with Gasteiger partial charge in [0, 0.05) is 23.8 Å². The van der Waals surface area contributed by atoms with E-state index in [1.54, 1.807) is 12.1 Å². The number of hydrogen-bond acceptors (Lipinski definition) is 5. The maximum Gasteiger partial charge on any atom is 0.247 e. The fraction of sp³-hybridized carbons (Fsp3) is 0.350. The van der Waals surface area contributed by atoms with E-state index in [2.05, 4.69) is 5.32 Å². The molecule has 3 rings (SSSR count). The first-order valence-electron chi connectivity index (χ1n) is 9.66. The van der Waals surface area contributed by atoms with Crippen molar-refractivity contribution in [3.8, 4) is 0 Å². The summed E-state index contributed by atoms with van der Waals surface area (Å²) < 4.78 is 52.3. The van der Waals surface area contributed by atoms with Crippen LogP contribution in [0.25, 0.3) is 0 Å². The van der Waals surface area contributed by atoms with Crippen LogP contribution in [-0.4, -0.2) is 52.4 Å². The lowest BCUT2D eigenvalue weighted by Gasteiger charge is -2.28. The van der Waals surface area contributed by atoms with Crippen molar-refractivity contribution in [2.45, 2.75) is 30.7 Å². The molecule has 8 nitrogen and oxygen atoms in total. The van der Waals surface area contributed by atoms with Crippen LogP contribution in [0.5, 0.6) is 0 Å². The Balaban J connectivity index is 1.77. The van der Waals surface area contributed by atoms with Gasteiger partial charge in [0.25, 0.3) is 0 Å². The third kappa shape index (κ3) is 5.38. The van der Waals surface area contributed by atoms with Gasteiger partial charge in [-0.25, -0.2) is 16.8 Å². The molecule has 0 unspecified atom stereocenters. The summed E-state index contributed by atoms with van der Waals surface area (Å²) in [5.74, 6) is -0.560. The molecule has 1 heterocycles. The Labute approximate surface area is 187 Å². The summed E-state index contributed by atoms with van der Waals surface area (Å²) in [6.45, 7) is 2.48. The molecule has 0 aliphatic carbocycles. The maximum absolute atomic E-state index is 12.8. The molecule has 1 fully saturated rings. The van der Waals surface area contributed by atoms with Crippen molar-refractivity contribution in [2.24, 2.45) is 0 Å². The summed E-state index contributed by atoms with van der Waals surface area (Å²) in [6, 6.07) is 10.9. The first kappa shape index (κ1) is 23.5. The van der Waals surface area contributed by atoms with Gasteiger partial charge in [-0.1, -0.05) is 11.6 Å². The van der Waals surface area contributed by atoms with Crippen LogP contribution in [0, 0.1) is 0 Å². The summed E-state index contributed by atoms with van der Waals surface area (Å²) in [5.41, 5.74) is 0.670. The van der Waals surface area contributed by atoms with Crippen LogP contribution in [0.4, 0.5) is 11.4 Å². The molecule has 1 N–H and O–H groups in total. The highest BCUT2D eigenvalue weighted by molar-refractivity contribution is 7.92. The number of nitrogens with zero attached hydrogens (tertiary/aromatic N) is 2. The molecule has 1 saturated heterocycles. The van der Waals surface area contributed by atoms with Gasteiger partial charge < -0.3 is 5.32 Å². The van der Waals surface area contributed by atoms with Crippen LogP contribution >= 0.6 is 11.6 Å². The van der Waals surface area contributed by atoms with E-state index >= 15 is 0 Å². The second-order valence-corrected chi connectivity index (χ2v) is 11.6. The normalized spacial score (nSPS) is 16.1. The fourth-order valence-electron chi connectivity index (χ4n) is 3.43. The molecule has 0 radical (unpaired) electrons. The summed E-state index contributed by atoms with van der Waals surface area (Å²) >= 11 is 5.87. The minimum atomic E-state index is -3.76. The van der Waals surface area contributed by atoms with E-state index in [-0.39, 0.29) is 4.90 Å². The van der Waals surface area contributed by atoms with Gasteiger partial charge in [-0.3, -0.25) is 9.10 Å². The maximum atomic E-state index is 12.8. The van der Waals surface area contributed by atoms with Gasteiger partial charge in [0.1, 0.15) is 6.04 Å². The lowest BCUT2D eigenvalue weighted by molar-refractivity contribution is -0.116. The molecule has 1 aliphatic heterocycles. The quantitative estimate of drug-likeness (QED) is 0.649. The standard InChI is InChI=1S/C20H24ClN3O5S2/c1-15(24(30(2,26)27)18-9-5-16(21)6-10-18)20(25)22-17-7-11-19(12-8-17)31(28,29)23-13-3-4-14-23/h5-12,15H,3-4,13-14H2,1-2H3,(H,22,25)/t15-/m0/s1. The summed E-state index contributed by atoms with van der Waals surface area (Å²) in [5, 5.41) is 3.09. The highest BCUT2D eigenvalue weighted by atomic mass is 35.5. The van der Waals surface area contributed by atoms with Crippen molar-refractivity contribution in [3.63, 3.8) is 0 Å². The molecule has 0 spiro atoms. The first-order chi connectivity index (χ1) is 14.5. The largest absolute Gasteiger partial charge is 0.324 e. The molecule has 0 bridgehead atoms. The number of anilines is 2. The number of hydrogen-bond donors (Lipinski definition) is 1. The van der Waals surface area contributed by atoms with Crippen molar-refractivity contribution in [1.82, 2.24) is 4.31 Å². The molecule has 11 heteroatoms. The van der Waals surface area contributed by atoms with Gasteiger partial charge in [-0.15, -0.1) is 0 Å². The SMILES string of the molecule is C[C@@H](C(=O)Nc1ccc(S(=O)(=O)N2CCCC2)cc1)N(c1ccc(Cl)cc1)S(C)(=O)=O. The Morgan fingerprint density at radius 1 is 1.00 bits per heavy atom. The molecular formula is C20H24ClN3O5S2. The van der Waals surface area contributed by atoms with Crippen LogP contribution in [-0.2, 0) is 24.8 Å². The average Bonchev–Trinajstić information content (AvgIpc) is 3.25. The topological polar surface area (TPSA) is 104 Å². The number of sulfonamides is 2. The van der Waals surface area contributed by atoms with Gasteiger partial charge in [0.2, 0.25) is 26.0 Å². The molecule has 31 heavy (non-hydrogen) atoms. The van der Waals surface area contributed by atoms with Gasteiger partial charge >= 0.3 is 0 Å². The molecule has 1 atom stereocenters. The Morgan fingerprint density at radius 2 is 1.55 bits per heavy atom. The van der Waals surface area contributed by atoms with Crippen molar-refractivity contribution in [3.05, 3.63) is 53.6 Å². The van der Waals surface area contributed by atoms with Crippen LogP contribution in [0.15, 0.2) is 53.4 Å². The van der Waals surface area contributed by atoms with Gasteiger partial charge in [0.05, 0.1) is 16.8 Å². The molecule has 168 valence electrons. The third-order valence-electron chi connectivity index (χ3n) is 4.99. The van der Waals surface area contributed by atoms with Gasteiger partial charge in [0.15, 0.2) is 0 Å². The van der Waals surface area contributed by atoms with Gasteiger partial charge in [-0.05, 0) is 68.3 Å². The van der Waals surface area contributed by atoms with E-state index in [1.165, 1.54) is 47.6 Å². The summed E-state index contributed by atoms with van der Waals surface area (Å²) in [7, 11) is -7.31. The zero-order chi connectivity index (χ0) is 22.8. The second kappa shape index (κ2) is 9.15. The Morgan fingerprint density at radius 3 is 2.06 bits per heavy atom.